The van der Waals surface area contributed by atoms with E-state index in [2.05, 4.69) is 48.0 Å². The molecule has 0 spiro atoms. The van der Waals surface area contributed by atoms with E-state index in [-0.39, 0.29) is 5.56 Å². The molecule has 0 radical (unpaired) electrons. The molecule has 36 heavy (non-hydrogen) atoms. The Morgan fingerprint density at radius 2 is 1.64 bits per heavy atom. The number of rotatable bonds is 4. The van der Waals surface area contributed by atoms with Gasteiger partial charge >= 0.3 is 0 Å². The van der Waals surface area contributed by atoms with Gasteiger partial charge in [0.25, 0.3) is 5.56 Å². The van der Waals surface area contributed by atoms with Crippen LogP contribution in [0.3, 0.4) is 0 Å². The van der Waals surface area contributed by atoms with E-state index in [1.165, 1.54) is 21.4 Å². The minimum atomic E-state index is -0.196. The van der Waals surface area contributed by atoms with Crippen molar-refractivity contribution in [2.45, 2.75) is 20.8 Å². The first-order valence-electron chi connectivity index (χ1n) is 11.5. The summed E-state index contributed by atoms with van der Waals surface area (Å²) in [5, 5.41) is 9.42. The van der Waals surface area contributed by atoms with E-state index in [0.29, 0.717) is 15.3 Å². The summed E-state index contributed by atoms with van der Waals surface area (Å²) < 4.78 is 3.79. The lowest BCUT2D eigenvalue weighted by molar-refractivity contribution is 0.883. The van der Waals surface area contributed by atoms with Crippen molar-refractivity contribution in [3.63, 3.8) is 0 Å². The fraction of sp³-hybridized carbons (Fsp3) is 0.107. The minimum absolute atomic E-state index is 0.196. The molecule has 0 saturated carbocycles. The molecule has 6 rings (SSSR count). The maximum atomic E-state index is 13.3. The Balaban J connectivity index is 1.54. The molecule has 4 heterocycles. The fourth-order valence-electron chi connectivity index (χ4n) is 4.55. The molecule has 0 N–H and O–H groups in total. The van der Waals surface area contributed by atoms with E-state index in [4.69, 9.17) is 5.10 Å². The Hall–Kier alpha value is -4.43. The summed E-state index contributed by atoms with van der Waals surface area (Å²) >= 11 is 1.32. The third-order valence-electron chi connectivity index (χ3n) is 6.08. The molecule has 0 aliphatic carbocycles. The Morgan fingerprint density at radius 3 is 2.33 bits per heavy atom. The number of benzene rings is 2. The number of hydrogen-bond acceptors (Lipinski definition) is 6. The standard InChI is InChI=1S/C28H22N6OS/c1-17-13-18(2)24(19(3)14-17)25-21(16-33(31-25)22-7-5-4-6-8-22)15-23-27(35)34-28(36-23)30-26(32-34)20-9-11-29-12-10-20/h4-16H,1-3H3/b23-15-. The molecular weight excluding hydrogens is 468 g/mol. The van der Waals surface area contributed by atoms with Gasteiger partial charge in [0, 0.05) is 35.3 Å². The molecule has 8 heteroatoms. The van der Waals surface area contributed by atoms with E-state index in [0.717, 1.165) is 39.2 Å². The molecule has 0 saturated heterocycles. The topological polar surface area (TPSA) is 78.0 Å². The van der Waals surface area contributed by atoms with Crippen LogP contribution in [0.5, 0.6) is 0 Å². The molecule has 176 valence electrons. The monoisotopic (exact) mass is 490 g/mol. The van der Waals surface area contributed by atoms with Crippen molar-refractivity contribution < 1.29 is 0 Å². The van der Waals surface area contributed by atoms with Crippen LogP contribution < -0.4 is 10.1 Å². The summed E-state index contributed by atoms with van der Waals surface area (Å²) in [4.78, 5) is 22.4. The number of aryl methyl sites for hydroxylation is 3. The largest absolute Gasteiger partial charge is 0.291 e. The Morgan fingerprint density at radius 1 is 0.917 bits per heavy atom. The third kappa shape index (κ3) is 3.81. The van der Waals surface area contributed by atoms with E-state index in [9.17, 15) is 4.79 Å². The smallest absolute Gasteiger partial charge is 0.266 e. The zero-order chi connectivity index (χ0) is 24.8. The lowest BCUT2D eigenvalue weighted by Crippen LogP contribution is -2.23. The molecule has 0 atom stereocenters. The van der Waals surface area contributed by atoms with Gasteiger partial charge in [-0.1, -0.05) is 47.2 Å². The van der Waals surface area contributed by atoms with E-state index in [1.54, 1.807) is 12.4 Å². The van der Waals surface area contributed by atoms with E-state index in [1.807, 2.05) is 59.4 Å². The Bertz CT molecular complexity index is 1810. The van der Waals surface area contributed by atoms with Crippen LogP contribution in [-0.2, 0) is 0 Å². The average Bonchev–Trinajstić information content (AvgIpc) is 3.55. The number of fused-ring (bicyclic) bond motifs is 1. The number of hydrogen-bond donors (Lipinski definition) is 0. The van der Waals surface area contributed by atoms with Crippen LogP contribution in [0.15, 0.2) is 78.0 Å². The third-order valence-corrected chi connectivity index (χ3v) is 7.04. The van der Waals surface area contributed by atoms with Crippen molar-refractivity contribution in [1.29, 1.82) is 0 Å². The van der Waals surface area contributed by atoms with Crippen molar-refractivity contribution >= 4 is 22.4 Å². The second-order valence-corrected chi connectivity index (χ2v) is 9.78. The number of aromatic nitrogens is 6. The van der Waals surface area contributed by atoms with E-state index < -0.39 is 0 Å². The normalized spacial score (nSPS) is 12.0. The summed E-state index contributed by atoms with van der Waals surface area (Å²) in [7, 11) is 0. The zero-order valence-corrected chi connectivity index (χ0v) is 20.8. The first kappa shape index (κ1) is 22.1. The second kappa shape index (κ2) is 8.66. The van der Waals surface area contributed by atoms with Gasteiger partial charge in [0.2, 0.25) is 4.96 Å². The van der Waals surface area contributed by atoms with Gasteiger partial charge in [-0.05, 0) is 62.2 Å². The van der Waals surface area contributed by atoms with Crippen LogP contribution in [0.4, 0.5) is 0 Å². The summed E-state index contributed by atoms with van der Waals surface area (Å²) in [6.07, 6.45) is 7.24. The maximum absolute atomic E-state index is 13.3. The van der Waals surface area contributed by atoms with Crippen LogP contribution >= 0.6 is 11.3 Å². The molecule has 0 amide bonds. The van der Waals surface area contributed by atoms with Crippen LogP contribution in [0.1, 0.15) is 22.3 Å². The molecule has 2 aromatic carbocycles. The molecule has 0 unspecified atom stereocenters. The number of para-hydroxylation sites is 1. The quantitative estimate of drug-likeness (QED) is 0.363. The number of nitrogens with zero attached hydrogens (tertiary/aromatic N) is 6. The molecule has 0 bridgehead atoms. The van der Waals surface area contributed by atoms with Gasteiger partial charge in [-0.15, -0.1) is 5.10 Å². The Kier molecular flexibility index (Phi) is 5.30. The molecule has 0 aliphatic rings. The molecular formula is C28H22N6OS. The van der Waals surface area contributed by atoms with Gasteiger partial charge in [-0.25, -0.2) is 4.68 Å². The predicted molar refractivity (Wildman–Crippen MR) is 142 cm³/mol. The van der Waals surface area contributed by atoms with Crippen molar-refractivity contribution in [3.8, 4) is 28.3 Å². The second-order valence-electron chi connectivity index (χ2n) is 8.77. The summed E-state index contributed by atoms with van der Waals surface area (Å²) in [5.74, 6) is 0.510. The van der Waals surface area contributed by atoms with Gasteiger partial charge < -0.3 is 0 Å². The number of pyridine rings is 1. The van der Waals surface area contributed by atoms with Gasteiger partial charge in [0.1, 0.15) is 5.69 Å². The van der Waals surface area contributed by atoms with Gasteiger partial charge in [0.15, 0.2) is 5.82 Å². The lowest BCUT2D eigenvalue weighted by atomic mass is 9.95. The average molecular weight is 491 g/mol. The Labute approximate surface area is 211 Å². The highest BCUT2D eigenvalue weighted by molar-refractivity contribution is 7.15. The predicted octanol–water partition coefficient (Wildman–Crippen LogP) is 4.54. The minimum Gasteiger partial charge on any atom is -0.266 e. The highest BCUT2D eigenvalue weighted by atomic mass is 32.1. The van der Waals surface area contributed by atoms with Crippen molar-refractivity contribution in [1.82, 2.24) is 29.4 Å². The summed E-state index contributed by atoms with van der Waals surface area (Å²) in [6.45, 7) is 6.30. The van der Waals surface area contributed by atoms with Crippen LogP contribution in [0, 0.1) is 20.8 Å². The molecule has 4 aromatic heterocycles. The SMILES string of the molecule is Cc1cc(C)c(-c2nn(-c3ccccc3)cc2/C=c2\sc3nc(-c4ccncc4)nn3c2=O)c(C)c1. The van der Waals surface area contributed by atoms with Crippen molar-refractivity contribution in [2.75, 3.05) is 0 Å². The summed E-state index contributed by atoms with van der Waals surface area (Å²) in [5.41, 5.74) is 7.86. The van der Waals surface area contributed by atoms with Gasteiger partial charge in [0.05, 0.1) is 10.2 Å². The van der Waals surface area contributed by atoms with Crippen LogP contribution in [0.2, 0.25) is 0 Å². The van der Waals surface area contributed by atoms with E-state index >= 15 is 0 Å². The van der Waals surface area contributed by atoms with Crippen LogP contribution in [0.25, 0.3) is 39.4 Å². The summed E-state index contributed by atoms with van der Waals surface area (Å²) in [6, 6.07) is 18.0. The fourth-order valence-corrected chi connectivity index (χ4v) is 5.45. The number of thiazole rings is 1. The van der Waals surface area contributed by atoms with Crippen molar-refractivity contribution in [3.05, 3.63) is 110 Å². The highest BCUT2D eigenvalue weighted by Gasteiger charge is 2.17. The molecule has 7 nitrogen and oxygen atoms in total. The zero-order valence-electron chi connectivity index (χ0n) is 20.0. The maximum Gasteiger partial charge on any atom is 0.291 e. The molecule has 0 fully saturated rings. The lowest BCUT2D eigenvalue weighted by Gasteiger charge is -2.10. The molecule has 0 aliphatic heterocycles. The van der Waals surface area contributed by atoms with Crippen LogP contribution in [-0.4, -0.2) is 29.4 Å². The highest BCUT2D eigenvalue weighted by Crippen LogP contribution is 2.31. The molecule has 6 aromatic rings. The first-order chi connectivity index (χ1) is 17.5. The van der Waals surface area contributed by atoms with Crippen molar-refractivity contribution in [2.24, 2.45) is 0 Å². The van der Waals surface area contributed by atoms with Gasteiger partial charge in [-0.2, -0.15) is 14.6 Å². The van der Waals surface area contributed by atoms with Gasteiger partial charge in [-0.3, -0.25) is 9.78 Å². The first-order valence-corrected chi connectivity index (χ1v) is 12.3.